The first kappa shape index (κ1) is 21.2. The number of nitrogens with zero attached hydrogens (tertiary/aromatic N) is 2. The first-order valence-corrected chi connectivity index (χ1v) is 9.06. The SMILES string of the molecule is CO/N=C(/C(=O)OC)c1ccccc1CO/N=C(\C)C#Cc1cccc(Br)c1. The van der Waals surface area contributed by atoms with Crippen LogP contribution in [0, 0.1) is 11.8 Å². The Morgan fingerprint density at radius 2 is 1.89 bits per heavy atom. The highest BCUT2D eigenvalue weighted by molar-refractivity contribution is 9.10. The van der Waals surface area contributed by atoms with E-state index in [1.54, 1.807) is 19.1 Å². The van der Waals surface area contributed by atoms with Crippen LogP contribution in [0.25, 0.3) is 0 Å². The third-order valence-electron chi connectivity index (χ3n) is 3.47. The van der Waals surface area contributed by atoms with Crippen molar-refractivity contribution in [3.8, 4) is 11.8 Å². The van der Waals surface area contributed by atoms with Crippen molar-refractivity contribution in [2.45, 2.75) is 13.5 Å². The van der Waals surface area contributed by atoms with Gasteiger partial charge in [-0.1, -0.05) is 62.5 Å². The summed E-state index contributed by atoms with van der Waals surface area (Å²) in [7, 11) is 2.64. The number of methoxy groups -OCH3 is 1. The maximum atomic E-state index is 12.0. The maximum absolute atomic E-state index is 12.0. The topological polar surface area (TPSA) is 69.5 Å². The molecule has 0 aromatic heterocycles. The Labute approximate surface area is 172 Å². The molecule has 0 bridgehead atoms. The zero-order valence-corrected chi connectivity index (χ0v) is 17.3. The summed E-state index contributed by atoms with van der Waals surface area (Å²) in [5.41, 5.74) is 2.70. The van der Waals surface area contributed by atoms with Crippen LogP contribution in [0.2, 0.25) is 0 Å². The molecule has 0 aliphatic rings. The molecule has 28 heavy (non-hydrogen) atoms. The second-order valence-electron chi connectivity index (χ2n) is 5.48. The summed E-state index contributed by atoms with van der Waals surface area (Å²) >= 11 is 3.41. The molecule has 0 unspecified atom stereocenters. The van der Waals surface area contributed by atoms with Gasteiger partial charge in [0.2, 0.25) is 0 Å². The number of hydrogen-bond donors (Lipinski definition) is 0. The van der Waals surface area contributed by atoms with E-state index >= 15 is 0 Å². The summed E-state index contributed by atoms with van der Waals surface area (Å²) in [5.74, 6) is 5.35. The van der Waals surface area contributed by atoms with Crippen LogP contribution >= 0.6 is 15.9 Å². The number of ether oxygens (including phenoxy) is 1. The molecule has 2 aromatic carbocycles. The van der Waals surface area contributed by atoms with Gasteiger partial charge in [0, 0.05) is 21.2 Å². The van der Waals surface area contributed by atoms with E-state index in [2.05, 4.69) is 38.1 Å². The predicted octanol–water partition coefficient (Wildman–Crippen LogP) is 3.92. The van der Waals surface area contributed by atoms with E-state index in [9.17, 15) is 4.79 Å². The van der Waals surface area contributed by atoms with Crippen molar-refractivity contribution in [3.05, 3.63) is 69.7 Å². The number of hydrogen-bond acceptors (Lipinski definition) is 6. The molecule has 0 fully saturated rings. The van der Waals surface area contributed by atoms with Crippen LogP contribution in [-0.4, -0.2) is 31.6 Å². The average molecular weight is 443 g/mol. The zero-order valence-electron chi connectivity index (χ0n) is 15.7. The maximum Gasteiger partial charge on any atom is 0.360 e. The average Bonchev–Trinajstić information content (AvgIpc) is 2.70. The molecule has 0 radical (unpaired) electrons. The second kappa shape index (κ2) is 10.9. The summed E-state index contributed by atoms with van der Waals surface area (Å²) < 4.78 is 5.72. The van der Waals surface area contributed by atoms with Crippen LogP contribution in [0.15, 0.2) is 63.3 Å². The molecule has 0 aliphatic carbocycles. The molecule has 0 saturated heterocycles. The van der Waals surface area contributed by atoms with Crippen molar-refractivity contribution in [1.82, 2.24) is 0 Å². The molecular weight excluding hydrogens is 424 g/mol. The molecule has 2 rings (SSSR count). The Morgan fingerprint density at radius 3 is 2.61 bits per heavy atom. The fourth-order valence-electron chi connectivity index (χ4n) is 2.21. The Balaban J connectivity index is 2.12. The Morgan fingerprint density at radius 1 is 1.11 bits per heavy atom. The van der Waals surface area contributed by atoms with Gasteiger partial charge in [-0.3, -0.25) is 0 Å². The molecular formula is C21H19BrN2O4. The van der Waals surface area contributed by atoms with E-state index < -0.39 is 5.97 Å². The summed E-state index contributed by atoms with van der Waals surface area (Å²) in [6.45, 7) is 1.88. The van der Waals surface area contributed by atoms with Gasteiger partial charge in [0.25, 0.3) is 0 Å². The highest BCUT2D eigenvalue weighted by Crippen LogP contribution is 2.13. The Hall–Kier alpha value is -3.11. The minimum atomic E-state index is -0.603. The van der Waals surface area contributed by atoms with Gasteiger partial charge in [0.1, 0.15) is 19.4 Å². The minimum absolute atomic E-state index is 0.0550. The van der Waals surface area contributed by atoms with E-state index in [4.69, 9.17) is 14.4 Å². The lowest BCUT2D eigenvalue weighted by atomic mass is 10.0. The Bertz CT molecular complexity index is 958. The highest BCUT2D eigenvalue weighted by Gasteiger charge is 2.19. The van der Waals surface area contributed by atoms with Crippen LogP contribution in [0.5, 0.6) is 0 Å². The summed E-state index contributed by atoms with van der Waals surface area (Å²) in [5, 5.41) is 7.78. The molecule has 2 aromatic rings. The van der Waals surface area contributed by atoms with E-state index in [1.807, 2.05) is 36.4 Å². The summed E-state index contributed by atoms with van der Waals surface area (Å²) in [6, 6.07) is 14.8. The number of halogens is 1. The minimum Gasteiger partial charge on any atom is -0.464 e. The van der Waals surface area contributed by atoms with Crippen molar-refractivity contribution in [2.24, 2.45) is 10.3 Å². The van der Waals surface area contributed by atoms with Crippen molar-refractivity contribution in [3.63, 3.8) is 0 Å². The van der Waals surface area contributed by atoms with Gasteiger partial charge in [-0.15, -0.1) is 0 Å². The van der Waals surface area contributed by atoms with E-state index in [1.165, 1.54) is 14.2 Å². The quantitative estimate of drug-likeness (QED) is 0.294. The van der Waals surface area contributed by atoms with Crippen molar-refractivity contribution < 1.29 is 19.2 Å². The molecule has 144 valence electrons. The van der Waals surface area contributed by atoms with Crippen LogP contribution in [0.3, 0.4) is 0 Å². The lowest BCUT2D eigenvalue weighted by Crippen LogP contribution is -2.19. The van der Waals surface area contributed by atoms with Crippen LogP contribution in [0.1, 0.15) is 23.6 Å². The summed E-state index contributed by atoms with van der Waals surface area (Å²) in [6.07, 6.45) is 0. The number of carbonyl (C=O) groups is 1. The standard InChI is InChI=1S/C21H19BrN2O4/c1-15(11-12-16-7-6-9-18(22)13-16)23-28-14-17-8-4-5-10-19(17)20(24-27-3)21(25)26-2/h4-10,13H,14H2,1-3H3/b23-15+,24-20+. The second-order valence-corrected chi connectivity index (χ2v) is 6.40. The van der Waals surface area contributed by atoms with Crippen LogP contribution < -0.4 is 0 Å². The van der Waals surface area contributed by atoms with Crippen LogP contribution in [0.4, 0.5) is 0 Å². The lowest BCUT2D eigenvalue weighted by Gasteiger charge is -2.09. The van der Waals surface area contributed by atoms with Crippen molar-refractivity contribution in [2.75, 3.05) is 14.2 Å². The largest absolute Gasteiger partial charge is 0.464 e. The van der Waals surface area contributed by atoms with Gasteiger partial charge >= 0.3 is 5.97 Å². The van der Waals surface area contributed by atoms with Gasteiger partial charge < -0.3 is 14.4 Å². The molecule has 0 amide bonds. The van der Waals surface area contributed by atoms with Gasteiger partial charge in [-0.05, 0) is 31.0 Å². The van der Waals surface area contributed by atoms with Crippen molar-refractivity contribution in [1.29, 1.82) is 0 Å². The number of oxime groups is 2. The first-order chi connectivity index (χ1) is 13.5. The fourth-order valence-corrected chi connectivity index (χ4v) is 2.61. The monoisotopic (exact) mass is 442 g/mol. The number of benzene rings is 2. The zero-order chi connectivity index (χ0) is 20.4. The lowest BCUT2D eigenvalue weighted by molar-refractivity contribution is -0.132. The molecule has 7 heteroatoms. The van der Waals surface area contributed by atoms with Gasteiger partial charge in [-0.2, -0.15) is 0 Å². The number of esters is 1. The number of carbonyl (C=O) groups excluding carboxylic acids is 1. The molecule has 0 heterocycles. The molecule has 0 spiro atoms. The van der Waals surface area contributed by atoms with E-state index in [0.29, 0.717) is 16.8 Å². The predicted molar refractivity (Wildman–Crippen MR) is 111 cm³/mol. The molecule has 0 atom stereocenters. The first-order valence-electron chi connectivity index (χ1n) is 8.27. The van der Waals surface area contributed by atoms with Crippen molar-refractivity contribution >= 4 is 33.3 Å². The smallest absolute Gasteiger partial charge is 0.360 e. The van der Waals surface area contributed by atoms with Gasteiger partial charge in [0.15, 0.2) is 5.71 Å². The van der Waals surface area contributed by atoms with Gasteiger partial charge in [-0.25, -0.2) is 4.79 Å². The third-order valence-corrected chi connectivity index (χ3v) is 3.96. The fraction of sp³-hybridized carbons (Fsp3) is 0.190. The summed E-state index contributed by atoms with van der Waals surface area (Å²) in [4.78, 5) is 22.1. The normalized spacial score (nSPS) is 11.3. The molecule has 0 saturated carbocycles. The van der Waals surface area contributed by atoms with E-state index in [-0.39, 0.29) is 12.3 Å². The molecule has 0 N–H and O–H groups in total. The molecule has 6 nitrogen and oxygen atoms in total. The third kappa shape index (κ3) is 6.25. The van der Waals surface area contributed by atoms with Gasteiger partial charge in [0.05, 0.1) is 7.11 Å². The van der Waals surface area contributed by atoms with Crippen LogP contribution in [-0.2, 0) is 25.8 Å². The number of rotatable bonds is 6. The van der Waals surface area contributed by atoms with E-state index in [0.717, 1.165) is 10.0 Å². The highest BCUT2D eigenvalue weighted by atomic mass is 79.9. The molecule has 0 aliphatic heterocycles. The Kier molecular flexibility index (Phi) is 8.25.